The Morgan fingerprint density at radius 3 is 2.60 bits per heavy atom. The number of nitrogens with one attached hydrogen (secondary N) is 2. The zero-order valence-corrected chi connectivity index (χ0v) is 10.6. The molecule has 0 saturated carbocycles. The molecule has 0 saturated heterocycles. The molecule has 0 bridgehead atoms. The zero-order chi connectivity index (χ0) is 15.0. The third kappa shape index (κ3) is 6.11. The second-order valence-corrected chi connectivity index (χ2v) is 3.81. The highest BCUT2D eigenvalue weighted by Gasteiger charge is 2.27. The lowest BCUT2D eigenvalue weighted by molar-refractivity contribution is -0.122. The Kier molecular flexibility index (Phi) is 5.87. The third-order valence-electron chi connectivity index (χ3n) is 2.23. The summed E-state index contributed by atoms with van der Waals surface area (Å²) in [6.45, 7) is -1.08. The van der Waals surface area contributed by atoms with Gasteiger partial charge >= 0.3 is 12.2 Å². The molecule has 0 aliphatic rings. The van der Waals surface area contributed by atoms with Crippen LogP contribution in [0.4, 0.5) is 18.0 Å². The van der Waals surface area contributed by atoms with E-state index in [1.807, 2.05) is 0 Å². The normalized spacial score (nSPS) is 10.4. The maximum Gasteiger partial charge on any atom is 0.405 e. The Hall–Kier alpha value is -2.20. The summed E-state index contributed by atoms with van der Waals surface area (Å²) >= 11 is 0. The lowest BCUT2D eigenvalue weighted by Crippen LogP contribution is -2.40. The van der Waals surface area contributed by atoms with Gasteiger partial charge in [-0.2, -0.15) is 13.2 Å². The summed E-state index contributed by atoms with van der Waals surface area (Å²) in [6.07, 6.45) is -4.43. The van der Waals surface area contributed by atoms with Crippen molar-refractivity contribution in [2.45, 2.75) is 12.7 Å². The molecular weight excluding hydrogens is 271 g/mol. The fraction of sp³-hybridized carbons (Fsp3) is 0.308. The van der Waals surface area contributed by atoms with Gasteiger partial charge in [-0.15, -0.1) is 0 Å². The molecular formula is C13H14F3N3O. The maximum absolute atomic E-state index is 11.9. The summed E-state index contributed by atoms with van der Waals surface area (Å²) in [5.74, 6) is 5.50. The lowest BCUT2D eigenvalue weighted by Gasteiger charge is -2.10. The number of benzene rings is 1. The Morgan fingerprint density at radius 1 is 1.25 bits per heavy atom. The van der Waals surface area contributed by atoms with E-state index in [-0.39, 0.29) is 13.1 Å². The van der Waals surface area contributed by atoms with Crippen molar-refractivity contribution >= 4 is 6.03 Å². The van der Waals surface area contributed by atoms with Crippen LogP contribution in [-0.4, -0.2) is 25.3 Å². The van der Waals surface area contributed by atoms with Crippen molar-refractivity contribution in [2.24, 2.45) is 5.73 Å². The Bertz CT molecular complexity index is 518. The minimum absolute atomic E-state index is 0.0825. The fourth-order valence-electron chi connectivity index (χ4n) is 1.36. The number of hydrogen-bond acceptors (Lipinski definition) is 2. The van der Waals surface area contributed by atoms with Crippen LogP contribution in [0.2, 0.25) is 0 Å². The minimum atomic E-state index is -4.43. The van der Waals surface area contributed by atoms with Crippen molar-refractivity contribution in [3.63, 3.8) is 0 Å². The number of carbonyl (C=O) groups is 1. The molecule has 0 atom stereocenters. The van der Waals surface area contributed by atoms with Crippen LogP contribution in [0.25, 0.3) is 0 Å². The molecule has 4 nitrogen and oxygen atoms in total. The van der Waals surface area contributed by atoms with E-state index in [1.54, 1.807) is 29.6 Å². The van der Waals surface area contributed by atoms with Gasteiger partial charge in [0.2, 0.25) is 0 Å². The average molecular weight is 285 g/mol. The molecule has 4 N–H and O–H groups in total. The number of hydrogen-bond donors (Lipinski definition) is 3. The number of amides is 2. The van der Waals surface area contributed by atoms with Crippen molar-refractivity contribution in [2.75, 3.05) is 13.1 Å². The fourth-order valence-corrected chi connectivity index (χ4v) is 1.36. The maximum atomic E-state index is 11.9. The summed E-state index contributed by atoms with van der Waals surface area (Å²) in [5.41, 5.74) is 6.65. The molecule has 0 unspecified atom stereocenters. The van der Waals surface area contributed by atoms with E-state index in [0.717, 1.165) is 0 Å². The molecule has 1 aromatic rings. The number of urea groups is 1. The molecule has 0 radical (unpaired) electrons. The molecule has 108 valence electrons. The molecule has 1 rings (SSSR count). The first-order valence-corrected chi connectivity index (χ1v) is 5.77. The third-order valence-corrected chi connectivity index (χ3v) is 2.23. The van der Waals surface area contributed by atoms with Crippen LogP contribution in [-0.2, 0) is 6.54 Å². The molecule has 0 aliphatic carbocycles. The van der Waals surface area contributed by atoms with Crippen LogP contribution < -0.4 is 16.4 Å². The predicted octanol–water partition coefficient (Wildman–Crippen LogP) is 1.36. The van der Waals surface area contributed by atoms with E-state index in [4.69, 9.17) is 5.73 Å². The molecule has 0 aliphatic heterocycles. The minimum Gasteiger partial charge on any atom is -0.334 e. The van der Waals surface area contributed by atoms with Gasteiger partial charge in [-0.05, 0) is 11.6 Å². The van der Waals surface area contributed by atoms with Crippen molar-refractivity contribution in [3.8, 4) is 11.8 Å². The summed E-state index contributed by atoms with van der Waals surface area (Å²) in [6, 6.07) is 6.10. The zero-order valence-electron chi connectivity index (χ0n) is 10.6. The molecule has 20 heavy (non-hydrogen) atoms. The molecule has 0 heterocycles. The number of rotatable bonds is 3. The van der Waals surface area contributed by atoms with Crippen LogP contribution >= 0.6 is 0 Å². The SMILES string of the molecule is NCC#Cc1ccccc1CNC(=O)NCC(F)(F)F. The van der Waals surface area contributed by atoms with Gasteiger partial charge in [-0.25, -0.2) is 4.79 Å². The summed E-state index contributed by atoms with van der Waals surface area (Å²) < 4.78 is 35.7. The van der Waals surface area contributed by atoms with Gasteiger partial charge < -0.3 is 16.4 Å². The van der Waals surface area contributed by atoms with Gasteiger partial charge in [0, 0.05) is 12.1 Å². The van der Waals surface area contributed by atoms with Crippen LogP contribution in [0.5, 0.6) is 0 Å². The Balaban J connectivity index is 2.55. The average Bonchev–Trinajstić information content (AvgIpc) is 2.40. The highest BCUT2D eigenvalue weighted by molar-refractivity contribution is 5.73. The van der Waals surface area contributed by atoms with E-state index in [2.05, 4.69) is 17.2 Å². The number of nitrogens with two attached hydrogens (primary N) is 1. The van der Waals surface area contributed by atoms with Gasteiger partial charge in [0.1, 0.15) is 6.54 Å². The lowest BCUT2D eigenvalue weighted by atomic mass is 10.1. The van der Waals surface area contributed by atoms with Crippen LogP contribution in [0.1, 0.15) is 11.1 Å². The second kappa shape index (κ2) is 7.40. The largest absolute Gasteiger partial charge is 0.405 e. The van der Waals surface area contributed by atoms with E-state index in [9.17, 15) is 18.0 Å². The van der Waals surface area contributed by atoms with Crippen molar-refractivity contribution in [1.29, 1.82) is 0 Å². The van der Waals surface area contributed by atoms with Crippen LogP contribution in [0, 0.1) is 11.8 Å². The monoisotopic (exact) mass is 285 g/mol. The smallest absolute Gasteiger partial charge is 0.334 e. The van der Waals surface area contributed by atoms with Crippen LogP contribution in [0.3, 0.4) is 0 Å². The first-order chi connectivity index (χ1) is 9.42. The van der Waals surface area contributed by atoms with E-state index >= 15 is 0 Å². The quantitative estimate of drug-likeness (QED) is 0.734. The van der Waals surface area contributed by atoms with Gasteiger partial charge in [0.15, 0.2) is 0 Å². The van der Waals surface area contributed by atoms with Gasteiger partial charge in [-0.1, -0.05) is 30.0 Å². The molecule has 1 aromatic carbocycles. The predicted molar refractivity (Wildman–Crippen MR) is 68.7 cm³/mol. The highest BCUT2D eigenvalue weighted by atomic mass is 19.4. The highest BCUT2D eigenvalue weighted by Crippen LogP contribution is 2.12. The summed E-state index contributed by atoms with van der Waals surface area (Å²) in [4.78, 5) is 11.2. The summed E-state index contributed by atoms with van der Waals surface area (Å²) in [7, 11) is 0. The molecule has 0 aromatic heterocycles. The molecule has 7 heteroatoms. The second-order valence-electron chi connectivity index (χ2n) is 3.81. The Morgan fingerprint density at radius 2 is 1.95 bits per heavy atom. The standard InChI is InChI=1S/C13H14F3N3O/c14-13(15,16)9-19-12(20)18-8-11-5-2-1-4-10(11)6-3-7-17/h1-2,4-5H,7-9,17H2,(H2,18,19,20). The van der Waals surface area contributed by atoms with Crippen molar-refractivity contribution in [3.05, 3.63) is 35.4 Å². The topological polar surface area (TPSA) is 67.1 Å². The van der Waals surface area contributed by atoms with Crippen molar-refractivity contribution in [1.82, 2.24) is 10.6 Å². The van der Waals surface area contributed by atoms with Gasteiger partial charge in [0.05, 0.1) is 6.54 Å². The van der Waals surface area contributed by atoms with Gasteiger partial charge in [-0.3, -0.25) is 0 Å². The van der Waals surface area contributed by atoms with E-state index in [0.29, 0.717) is 11.1 Å². The Labute approximate surface area is 114 Å². The number of halogens is 3. The van der Waals surface area contributed by atoms with E-state index < -0.39 is 18.8 Å². The van der Waals surface area contributed by atoms with Crippen molar-refractivity contribution < 1.29 is 18.0 Å². The molecule has 2 amide bonds. The van der Waals surface area contributed by atoms with Gasteiger partial charge in [0.25, 0.3) is 0 Å². The van der Waals surface area contributed by atoms with E-state index in [1.165, 1.54) is 0 Å². The first-order valence-electron chi connectivity index (χ1n) is 5.77. The summed E-state index contributed by atoms with van der Waals surface area (Å²) in [5, 5.41) is 4.06. The first kappa shape index (κ1) is 15.9. The number of carbonyl (C=O) groups excluding carboxylic acids is 1. The molecule has 0 spiro atoms. The van der Waals surface area contributed by atoms with Crippen LogP contribution in [0.15, 0.2) is 24.3 Å². The number of alkyl halides is 3. The molecule has 0 fully saturated rings.